The van der Waals surface area contributed by atoms with Gasteiger partial charge in [0.1, 0.15) is 11.6 Å². The smallest absolute Gasteiger partial charge is 0.199 e. The molecule has 1 aliphatic rings. The number of nitrogen functional groups attached to an aromatic ring is 1. The van der Waals surface area contributed by atoms with Gasteiger partial charge in [-0.05, 0) is 42.7 Å². The fourth-order valence-corrected chi connectivity index (χ4v) is 5.18. The molecule has 1 aliphatic heterocycles. The number of nitrogens with two attached hydrogens (primary N) is 1. The molecule has 0 atom stereocenters. The summed E-state index contributed by atoms with van der Waals surface area (Å²) < 4.78 is 46.4. The molecule has 158 valence electrons. The van der Waals surface area contributed by atoms with Crippen LogP contribution in [0.3, 0.4) is 0 Å². The monoisotopic (exact) mass is 450 g/mol. The average Bonchev–Trinajstić information content (AvgIpc) is 2.75. The zero-order chi connectivity index (χ0) is 20.4. The van der Waals surface area contributed by atoms with Gasteiger partial charge >= 0.3 is 0 Å². The number of hydrogen-bond donors (Lipinski definition) is 1. The third kappa shape index (κ3) is 4.28. The Morgan fingerprint density at radius 1 is 1.03 bits per heavy atom. The van der Waals surface area contributed by atoms with E-state index in [-0.39, 0.29) is 28.8 Å². The number of aromatic nitrogens is 3. The maximum atomic E-state index is 14.8. The van der Waals surface area contributed by atoms with E-state index in [9.17, 15) is 12.8 Å². The van der Waals surface area contributed by atoms with Crippen molar-refractivity contribution in [3.63, 3.8) is 0 Å². The van der Waals surface area contributed by atoms with Crippen molar-refractivity contribution in [2.75, 3.05) is 18.9 Å². The van der Waals surface area contributed by atoms with Crippen LogP contribution < -0.4 is 5.73 Å². The highest BCUT2D eigenvalue weighted by Crippen LogP contribution is 2.33. The number of sulfone groups is 1. The number of pyridine rings is 1. The van der Waals surface area contributed by atoms with Gasteiger partial charge in [0.05, 0.1) is 23.3 Å². The van der Waals surface area contributed by atoms with Gasteiger partial charge in [-0.15, -0.1) is 12.4 Å². The summed E-state index contributed by atoms with van der Waals surface area (Å²) in [5.74, 6) is -0.302. The van der Waals surface area contributed by atoms with Crippen molar-refractivity contribution in [2.24, 2.45) is 0 Å². The fraction of sp³-hybridized carbons (Fsp3) is 0.250. The first-order chi connectivity index (χ1) is 14.0. The Morgan fingerprint density at radius 3 is 2.47 bits per heavy atom. The van der Waals surface area contributed by atoms with Gasteiger partial charge in [-0.1, -0.05) is 6.07 Å². The van der Waals surface area contributed by atoms with Crippen LogP contribution in [0.5, 0.6) is 0 Å². The second-order valence-corrected chi connectivity index (χ2v) is 8.88. The maximum absolute atomic E-state index is 14.8. The van der Waals surface area contributed by atoms with E-state index >= 15 is 0 Å². The van der Waals surface area contributed by atoms with Crippen molar-refractivity contribution in [1.82, 2.24) is 15.0 Å². The molecule has 2 aromatic heterocycles. The number of benzene rings is 1. The molecule has 7 nitrogen and oxygen atoms in total. The van der Waals surface area contributed by atoms with Crippen molar-refractivity contribution in [2.45, 2.75) is 23.1 Å². The Hall–Kier alpha value is -2.62. The van der Waals surface area contributed by atoms with Gasteiger partial charge in [0, 0.05) is 30.5 Å². The largest absolute Gasteiger partial charge is 0.382 e. The fourth-order valence-electron chi connectivity index (χ4n) is 3.35. The van der Waals surface area contributed by atoms with Crippen LogP contribution in [-0.2, 0) is 14.6 Å². The second-order valence-electron chi connectivity index (χ2n) is 6.73. The average molecular weight is 451 g/mol. The zero-order valence-corrected chi connectivity index (χ0v) is 17.5. The quantitative estimate of drug-likeness (QED) is 0.649. The normalized spacial score (nSPS) is 14.8. The molecule has 2 N–H and O–H groups in total. The zero-order valence-electron chi connectivity index (χ0n) is 15.9. The van der Waals surface area contributed by atoms with Crippen molar-refractivity contribution in [3.8, 4) is 22.4 Å². The molecule has 0 aliphatic carbocycles. The van der Waals surface area contributed by atoms with Crippen LogP contribution in [0, 0.1) is 5.82 Å². The molecule has 0 spiro atoms. The van der Waals surface area contributed by atoms with E-state index < -0.39 is 20.9 Å². The Labute approximate surface area is 179 Å². The van der Waals surface area contributed by atoms with Gasteiger partial charge in [-0.3, -0.25) is 4.98 Å². The van der Waals surface area contributed by atoms with Crippen LogP contribution in [0.4, 0.5) is 10.2 Å². The highest BCUT2D eigenvalue weighted by molar-refractivity contribution is 7.92. The van der Waals surface area contributed by atoms with Crippen molar-refractivity contribution in [1.29, 1.82) is 0 Å². The van der Waals surface area contributed by atoms with E-state index in [2.05, 4.69) is 15.0 Å². The topological polar surface area (TPSA) is 108 Å². The standard InChI is InChI=1S/C20H19FN4O3S.ClH/c21-17-10-13(3-4-16(17)18-11-25-19(22)12-24-18)15-2-1-7-23-20(15)29(26,27)14-5-8-28-9-6-14;/h1-4,7,10-12,14H,5-6,8-9H2,(H2,22,25);1H. The minimum absolute atomic E-state index is 0. The summed E-state index contributed by atoms with van der Waals surface area (Å²) in [6, 6.07) is 7.75. The lowest BCUT2D eigenvalue weighted by atomic mass is 10.0. The summed E-state index contributed by atoms with van der Waals surface area (Å²) in [5, 5.41) is -0.592. The third-order valence-corrected chi connectivity index (χ3v) is 7.09. The van der Waals surface area contributed by atoms with E-state index in [1.54, 1.807) is 24.3 Å². The summed E-state index contributed by atoms with van der Waals surface area (Å²) in [4.78, 5) is 12.1. The van der Waals surface area contributed by atoms with E-state index in [0.717, 1.165) is 0 Å². The first kappa shape index (κ1) is 22.1. The molecule has 0 radical (unpaired) electrons. The number of hydrogen-bond acceptors (Lipinski definition) is 7. The van der Waals surface area contributed by atoms with Gasteiger partial charge in [0.15, 0.2) is 14.9 Å². The molecule has 3 heterocycles. The summed E-state index contributed by atoms with van der Waals surface area (Å²) in [7, 11) is -3.67. The van der Waals surface area contributed by atoms with E-state index in [1.807, 2.05) is 0 Å². The number of halogens is 2. The number of nitrogens with zero attached hydrogens (tertiary/aromatic N) is 3. The van der Waals surface area contributed by atoms with Crippen molar-refractivity contribution >= 4 is 28.1 Å². The molecule has 1 saturated heterocycles. The molecular formula is C20H20ClFN4O3S. The molecule has 0 saturated carbocycles. The number of anilines is 1. The molecule has 3 aromatic rings. The second kappa shape index (κ2) is 9.03. The minimum atomic E-state index is -3.67. The molecule has 4 rings (SSSR count). The third-order valence-electron chi connectivity index (χ3n) is 4.88. The van der Waals surface area contributed by atoms with Crippen LogP contribution >= 0.6 is 12.4 Å². The molecule has 1 aromatic carbocycles. The lowest BCUT2D eigenvalue weighted by Crippen LogP contribution is -2.29. The first-order valence-corrected chi connectivity index (χ1v) is 10.7. The van der Waals surface area contributed by atoms with Gasteiger partial charge in [-0.2, -0.15) is 0 Å². The predicted octanol–water partition coefficient (Wildman–Crippen LogP) is 3.30. The van der Waals surface area contributed by atoms with Crippen molar-refractivity contribution < 1.29 is 17.5 Å². The molecule has 1 fully saturated rings. The Morgan fingerprint density at radius 2 is 1.80 bits per heavy atom. The molecule has 0 amide bonds. The summed E-state index contributed by atoms with van der Waals surface area (Å²) in [5.41, 5.74) is 6.90. The van der Waals surface area contributed by atoms with E-state index in [0.29, 0.717) is 42.9 Å². The predicted molar refractivity (Wildman–Crippen MR) is 113 cm³/mol. The highest BCUT2D eigenvalue weighted by atomic mass is 35.5. The minimum Gasteiger partial charge on any atom is -0.382 e. The number of ether oxygens (including phenoxy) is 1. The van der Waals surface area contributed by atoms with Gasteiger partial charge < -0.3 is 10.5 Å². The lowest BCUT2D eigenvalue weighted by molar-refractivity contribution is 0.0983. The molecule has 0 unspecified atom stereocenters. The SMILES string of the molecule is Cl.Nc1cnc(-c2ccc(-c3cccnc3S(=O)(=O)C3CCOCC3)cc2F)cn1. The molecule has 10 heteroatoms. The van der Waals surface area contributed by atoms with Crippen LogP contribution in [0.1, 0.15) is 12.8 Å². The van der Waals surface area contributed by atoms with Crippen LogP contribution in [0.25, 0.3) is 22.4 Å². The van der Waals surface area contributed by atoms with Crippen molar-refractivity contribution in [3.05, 3.63) is 54.7 Å². The first-order valence-electron chi connectivity index (χ1n) is 9.11. The molecular weight excluding hydrogens is 431 g/mol. The van der Waals surface area contributed by atoms with Gasteiger partial charge in [-0.25, -0.2) is 22.8 Å². The molecule has 0 bridgehead atoms. The maximum Gasteiger partial charge on any atom is 0.199 e. The highest BCUT2D eigenvalue weighted by Gasteiger charge is 2.32. The van der Waals surface area contributed by atoms with Gasteiger partial charge in [0.25, 0.3) is 0 Å². The van der Waals surface area contributed by atoms with Crippen LogP contribution in [-0.4, -0.2) is 41.8 Å². The summed E-state index contributed by atoms with van der Waals surface area (Å²) in [6.07, 6.45) is 5.01. The summed E-state index contributed by atoms with van der Waals surface area (Å²) in [6.45, 7) is 0.802. The van der Waals surface area contributed by atoms with Crippen LogP contribution in [0.2, 0.25) is 0 Å². The Balaban J connectivity index is 0.00000256. The Kier molecular flexibility index (Phi) is 6.64. The van der Waals surface area contributed by atoms with E-state index in [4.69, 9.17) is 10.5 Å². The lowest BCUT2D eigenvalue weighted by Gasteiger charge is -2.22. The van der Waals surface area contributed by atoms with Crippen LogP contribution in [0.15, 0.2) is 53.9 Å². The summed E-state index contributed by atoms with van der Waals surface area (Å²) >= 11 is 0. The number of rotatable bonds is 4. The Bertz CT molecular complexity index is 1140. The molecule has 30 heavy (non-hydrogen) atoms. The van der Waals surface area contributed by atoms with E-state index in [1.165, 1.54) is 24.7 Å². The van der Waals surface area contributed by atoms with Gasteiger partial charge in [0.2, 0.25) is 0 Å².